The van der Waals surface area contributed by atoms with Crippen LogP contribution in [0.25, 0.3) is 0 Å². The Balaban J connectivity index is 1.41. The molecule has 1 aromatic rings. The largest absolute Gasteiger partial charge is 0.312 e. The van der Waals surface area contributed by atoms with Gasteiger partial charge < -0.3 is 5.32 Å². The quantitative estimate of drug-likeness (QED) is 0.830. The Bertz CT molecular complexity index is 468. The number of nitrogens with zero attached hydrogens (tertiary/aromatic N) is 1. The molecule has 1 aromatic heterocycles. The van der Waals surface area contributed by atoms with Crippen molar-refractivity contribution in [2.75, 3.05) is 6.54 Å². The van der Waals surface area contributed by atoms with Crippen molar-refractivity contribution in [2.45, 2.75) is 83.1 Å². The number of nitrogens with one attached hydrogen (secondary N) is 1. The monoisotopic (exact) mass is 300 g/mol. The summed E-state index contributed by atoms with van der Waals surface area (Å²) in [4.78, 5) is 4.23. The van der Waals surface area contributed by atoms with Gasteiger partial charge in [0.05, 0.1) is 0 Å². The second-order valence-corrected chi connectivity index (χ2v) is 7.93. The lowest BCUT2D eigenvalue weighted by molar-refractivity contribution is 0.284. The summed E-state index contributed by atoms with van der Waals surface area (Å²) >= 11 is 0. The molecule has 2 nitrogen and oxygen atoms in total. The third kappa shape index (κ3) is 3.90. The molecule has 0 saturated heterocycles. The molecule has 0 aliphatic heterocycles. The Labute approximate surface area is 136 Å². The standard InChI is InChI=1S/C20H32N2/c1-16-15-21-13-10-19(16)18-7-5-17(6-8-18)9-14-22-20(2)11-3-4-12-20/h10,13,15,17-18,22H,3-9,11-12,14H2,1-2H3. The Hall–Kier alpha value is -0.890. The molecule has 122 valence electrons. The van der Waals surface area contributed by atoms with Gasteiger partial charge in [-0.05, 0) is 94.4 Å². The van der Waals surface area contributed by atoms with E-state index >= 15 is 0 Å². The van der Waals surface area contributed by atoms with Crippen molar-refractivity contribution in [3.63, 3.8) is 0 Å². The van der Waals surface area contributed by atoms with Crippen molar-refractivity contribution in [3.8, 4) is 0 Å². The number of aromatic nitrogens is 1. The summed E-state index contributed by atoms with van der Waals surface area (Å²) in [5.74, 6) is 1.72. The summed E-state index contributed by atoms with van der Waals surface area (Å²) in [7, 11) is 0. The lowest BCUT2D eigenvalue weighted by atomic mass is 9.77. The van der Waals surface area contributed by atoms with Crippen LogP contribution in [0.1, 0.15) is 81.8 Å². The van der Waals surface area contributed by atoms with Gasteiger partial charge in [-0.15, -0.1) is 0 Å². The normalized spacial score (nSPS) is 27.9. The molecule has 0 bridgehead atoms. The Kier molecular flexibility index (Phi) is 5.18. The van der Waals surface area contributed by atoms with Crippen molar-refractivity contribution in [2.24, 2.45) is 5.92 Å². The second-order valence-electron chi connectivity index (χ2n) is 7.93. The van der Waals surface area contributed by atoms with Gasteiger partial charge in [-0.2, -0.15) is 0 Å². The SMILES string of the molecule is Cc1cnccc1C1CCC(CCNC2(C)CCCC2)CC1. The lowest BCUT2D eigenvalue weighted by Crippen LogP contribution is -2.40. The smallest absolute Gasteiger partial charge is 0.0299 e. The van der Waals surface area contributed by atoms with E-state index < -0.39 is 0 Å². The van der Waals surface area contributed by atoms with Crippen LogP contribution in [0.15, 0.2) is 18.5 Å². The molecule has 0 amide bonds. The fourth-order valence-corrected chi connectivity index (χ4v) is 4.61. The third-order valence-electron chi connectivity index (χ3n) is 6.16. The van der Waals surface area contributed by atoms with E-state index in [4.69, 9.17) is 0 Å². The summed E-state index contributed by atoms with van der Waals surface area (Å²) < 4.78 is 0. The van der Waals surface area contributed by atoms with E-state index in [2.05, 4.69) is 30.2 Å². The van der Waals surface area contributed by atoms with Crippen LogP contribution < -0.4 is 5.32 Å². The molecule has 0 aromatic carbocycles. The zero-order valence-electron chi connectivity index (χ0n) is 14.4. The van der Waals surface area contributed by atoms with Gasteiger partial charge in [-0.1, -0.05) is 12.8 Å². The van der Waals surface area contributed by atoms with Crippen molar-refractivity contribution in [3.05, 3.63) is 29.6 Å². The Morgan fingerprint density at radius 2 is 1.91 bits per heavy atom. The van der Waals surface area contributed by atoms with Crippen molar-refractivity contribution in [1.29, 1.82) is 0 Å². The average molecular weight is 300 g/mol. The molecule has 0 atom stereocenters. The van der Waals surface area contributed by atoms with Gasteiger partial charge in [-0.25, -0.2) is 0 Å². The fraction of sp³-hybridized carbons (Fsp3) is 0.750. The highest BCUT2D eigenvalue weighted by Crippen LogP contribution is 2.38. The van der Waals surface area contributed by atoms with Gasteiger partial charge in [-0.3, -0.25) is 4.98 Å². The van der Waals surface area contributed by atoms with Gasteiger partial charge in [0.2, 0.25) is 0 Å². The van der Waals surface area contributed by atoms with Gasteiger partial charge in [0, 0.05) is 17.9 Å². The molecule has 22 heavy (non-hydrogen) atoms. The maximum Gasteiger partial charge on any atom is 0.0299 e. The van der Waals surface area contributed by atoms with Crippen LogP contribution in [0.2, 0.25) is 0 Å². The molecule has 2 fully saturated rings. The Morgan fingerprint density at radius 3 is 2.59 bits per heavy atom. The highest BCUT2D eigenvalue weighted by Gasteiger charge is 2.28. The molecule has 1 heterocycles. The molecule has 2 heteroatoms. The van der Waals surface area contributed by atoms with Crippen LogP contribution in [0, 0.1) is 12.8 Å². The van der Waals surface area contributed by atoms with E-state index in [1.807, 2.05) is 12.4 Å². The first-order valence-electron chi connectivity index (χ1n) is 9.32. The van der Waals surface area contributed by atoms with Crippen LogP contribution in [0.4, 0.5) is 0 Å². The summed E-state index contributed by atoms with van der Waals surface area (Å²) in [6.07, 6.45) is 16.5. The van der Waals surface area contributed by atoms with E-state index in [1.54, 1.807) is 5.56 Å². The molecule has 2 aliphatic carbocycles. The summed E-state index contributed by atoms with van der Waals surface area (Å²) in [6, 6.07) is 2.24. The van der Waals surface area contributed by atoms with Crippen LogP contribution in [0.3, 0.4) is 0 Å². The lowest BCUT2D eigenvalue weighted by Gasteiger charge is -2.31. The van der Waals surface area contributed by atoms with Crippen LogP contribution >= 0.6 is 0 Å². The topological polar surface area (TPSA) is 24.9 Å². The number of hydrogen-bond acceptors (Lipinski definition) is 2. The number of hydrogen-bond donors (Lipinski definition) is 1. The maximum absolute atomic E-state index is 4.23. The zero-order chi connectivity index (χ0) is 15.4. The number of rotatable bonds is 5. The van der Waals surface area contributed by atoms with E-state index in [9.17, 15) is 0 Å². The van der Waals surface area contributed by atoms with Gasteiger partial charge in [0.1, 0.15) is 0 Å². The summed E-state index contributed by atoms with van der Waals surface area (Å²) in [6.45, 7) is 5.85. The van der Waals surface area contributed by atoms with Crippen LogP contribution in [0.5, 0.6) is 0 Å². The predicted molar refractivity (Wildman–Crippen MR) is 93.2 cm³/mol. The first-order valence-corrected chi connectivity index (χ1v) is 9.32. The minimum Gasteiger partial charge on any atom is -0.312 e. The molecule has 3 rings (SSSR count). The molecule has 2 saturated carbocycles. The molecular weight excluding hydrogens is 268 g/mol. The summed E-state index contributed by atoms with van der Waals surface area (Å²) in [5, 5.41) is 3.85. The number of pyridine rings is 1. The molecule has 0 unspecified atom stereocenters. The minimum atomic E-state index is 0.450. The van der Waals surface area contributed by atoms with Gasteiger partial charge in [0.15, 0.2) is 0 Å². The van der Waals surface area contributed by atoms with Gasteiger partial charge >= 0.3 is 0 Å². The van der Waals surface area contributed by atoms with Crippen LogP contribution in [-0.4, -0.2) is 17.1 Å². The first-order chi connectivity index (χ1) is 10.7. The first kappa shape index (κ1) is 16.0. The van der Waals surface area contributed by atoms with E-state index in [0.717, 1.165) is 11.8 Å². The third-order valence-corrected chi connectivity index (χ3v) is 6.16. The fourth-order valence-electron chi connectivity index (χ4n) is 4.61. The Morgan fingerprint density at radius 1 is 1.18 bits per heavy atom. The molecule has 2 aliphatic rings. The molecular formula is C20H32N2. The summed E-state index contributed by atoms with van der Waals surface area (Å²) in [5.41, 5.74) is 3.37. The molecule has 0 radical (unpaired) electrons. The average Bonchev–Trinajstić information content (AvgIpc) is 2.96. The highest BCUT2D eigenvalue weighted by molar-refractivity contribution is 5.26. The maximum atomic E-state index is 4.23. The minimum absolute atomic E-state index is 0.450. The molecule has 1 N–H and O–H groups in total. The number of aryl methyl sites for hydroxylation is 1. The zero-order valence-corrected chi connectivity index (χ0v) is 14.4. The van der Waals surface area contributed by atoms with Gasteiger partial charge in [0.25, 0.3) is 0 Å². The van der Waals surface area contributed by atoms with Crippen LogP contribution in [-0.2, 0) is 0 Å². The van der Waals surface area contributed by atoms with E-state index in [1.165, 1.54) is 69.9 Å². The van der Waals surface area contributed by atoms with Crippen molar-refractivity contribution >= 4 is 0 Å². The van der Waals surface area contributed by atoms with Crippen molar-refractivity contribution < 1.29 is 0 Å². The van der Waals surface area contributed by atoms with E-state index in [-0.39, 0.29) is 0 Å². The predicted octanol–water partition coefficient (Wildman–Crippen LogP) is 4.98. The second kappa shape index (κ2) is 7.12. The van der Waals surface area contributed by atoms with Crippen molar-refractivity contribution in [1.82, 2.24) is 10.3 Å². The van der Waals surface area contributed by atoms with E-state index in [0.29, 0.717) is 5.54 Å². The highest BCUT2D eigenvalue weighted by atomic mass is 15.0. The molecule has 0 spiro atoms.